The number of aliphatic carboxylic acids is 1. The second-order valence-corrected chi connectivity index (χ2v) is 4.81. The van der Waals surface area contributed by atoms with Crippen molar-refractivity contribution in [3.63, 3.8) is 0 Å². The van der Waals surface area contributed by atoms with E-state index in [-0.39, 0.29) is 4.87 Å². The van der Waals surface area contributed by atoms with Gasteiger partial charge in [-0.25, -0.2) is 4.79 Å². The van der Waals surface area contributed by atoms with Crippen molar-refractivity contribution >= 4 is 23.4 Å². The van der Waals surface area contributed by atoms with E-state index in [1.54, 1.807) is 40.4 Å². The first-order valence-electron chi connectivity index (χ1n) is 5.93. The fraction of sp³-hybridized carbons (Fsp3) is 0.143. The van der Waals surface area contributed by atoms with E-state index in [2.05, 4.69) is 0 Å². The molecule has 0 spiro atoms. The molecule has 2 aromatic rings. The third kappa shape index (κ3) is 4.10. The van der Waals surface area contributed by atoms with Gasteiger partial charge in [-0.15, -0.1) is 0 Å². The molecule has 0 radical (unpaired) electrons. The lowest BCUT2D eigenvalue weighted by Crippen LogP contribution is -2.16. The lowest BCUT2D eigenvalue weighted by molar-refractivity contribution is -0.131. The van der Waals surface area contributed by atoms with Crippen LogP contribution in [0.3, 0.4) is 0 Å². The van der Waals surface area contributed by atoms with Gasteiger partial charge in [-0.3, -0.25) is 4.79 Å². The number of hydrogen-bond donors (Lipinski definition) is 1. The van der Waals surface area contributed by atoms with Crippen LogP contribution in [0.15, 0.2) is 46.7 Å². The van der Waals surface area contributed by atoms with Gasteiger partial charge in [0.25, 0.3) is 0 Å². The summed E-state index contributed by atoms with van der Waals surface area (Å²) in [7, 11) is 0. The molecule has 1 heterocycles. The predicted molar refractivity (Wildman–Crippen MR) is 77.2 cm³/mol. The van der Waals surface area contributed by atoms with Crippen LogP contribution in [-0.2, 0) is 11.3 Å². The Balaban J connectivity index is 1.93. The van der Waals surface area contributed by atoms with Crippen molar-refractivity contribution in [2.75, 3.05) is 6.61 Å². The molecule has 1 N–H and O–H groups in total. The number of benzene rings is 1. The van der Waals surface area contributed by atoms with Crippen molar-refractivity contribution in [3.05, 3.63) is 57.1 Å². The molecule has 0 fully saturated rings. The third-order valence-corrected chi connectivity index (χ3v) is 3.22. The van der Waals surface area contributed by atoms with Gasteiger partial charge in [0.2, 0.25) is 0 Å². The normalized spacial score (nSPS) is 10.8. The van der Waals surface area contributed by atoms with Gasteiger partial charge in [0.15, 0.2) is 0 Å². The highest BCUT2D eigenvalue weighted by Gasteiger charge is 1.98. The second-order valence-electron chi connectivity index (χ2n) is 3.95. The Bertz CT molecular complexity index is 672. The fourth-order valence-electron chi connectivity index (χ4n) is 1.59. The summed E-state index contributed by atoms with van der Waals surface area (Å²) in [4.78, 5) is 21.8. The summed E-state index contributed by atoms with van der Waals surface area (Å²) in [6, 6.07) is 7.10. The Morgan fingerprint density at radius 3 is 3.00 bits per heavy atom. The first-order valence-corrected chi connectivity index (χ1v) is 6.81. The average Bonchev–Trinajstić information content (AvgIpc) is 2.83. The number of thiazole rings is 1. The molecule has 0 saturated heterocycles. The van der Waals surface area contributed by atoms with Crippen molar-refractivity contribution in [2.24, 2.45) is 0 Å². The number of hydrogen-bond acceptors (Lipinski definition) is 4. The first kappa shape index (κ1) is 14.1. The summed E-state index contributed by atoms with van der Waals surface area (Å²) in [5, 5.41) is 10.3. The van der Waals surface area contributed by atoms with E-state index < -0.39 is 5.97 Å². The molecule has 2 rings (SSSR count). The van der Waals surface area contributed by atoms with E-state index in [9.17, 15) is 9.59 Å². The summed E-state index contributed by atoms with van der Waals surface area (Å²) < 4.78 is 7.13. The maximum absolute atomic E-state index is 11.3. The molecule has 104 valence electrons. The van der Waals surface area contributed by atoms with Crippen LogP contribution in [0, 0.1) is 0 Å². The zero-order valence-electron chi connectivity index (χ0n) is 10.6. The van der Waals surface area contributed by atoms with Crippen LogP contribution < -0.4 is 9.61 Å². The Hall–Kier alpha value is -2.34. The number of ether oxygens (including phenoxy) is 1. The van der Waals surface area contributed by atoms with Crippen LogP contribution in [0.4, 0.5) is 0 Å². The third-order valence-electron chi connectivity index (χ3n) is 2.52. The Kier molecular flexibility index (Phi) is 4.73. The van der Waals surface area contributed by atoms with Gasteiger partial charge in [-0.2, -0.15) is 0 Å². The zero-order valence-corrected chi connectivity index (χ0v) is 11.4. The van der Waals surface area contributed by atoms with Crippen LogP contribution in [-0.4, -0.2) is 22.2 Å². The molecular formula is C14H13NO4S. The highest BCUT2D eigenvalue weighted by atomic mass is 32.1. The minimum absolute atomic E-state index is 0.00765. The highest BCUT2D eigenvalue weighted by molar-refractivity contribution is 7.07. The van der Waals surface area contributed by atoms with Crippen LogP contribution >= 0.6 is 11.3 Å². The molecule has 1 aromatic heterocycles. The average molecular weight is 291 g/mol. The molecule has 0 amide bonds. The fourth-order valence-corrected chi connectivity index (χ4v) is 2.21. The van der Waals surface area contributed by atoms with Gasteiger partial charge < -0.3 is 14.4 Å². The summed E-state index contributed by atoms with van der Waals surface area (Å²) in [6.45, 7) is 0.861. The highest BCUT2D eigenvalue weighted by Crippen LogP contribution is 2.14. The molecule has 0 atom stereocenters. The van der Waals surface area contributed by atoms with E-state index in [1.165, 1.54) is 6.08 Å². The smallest absolute Gasteiger partial charge is 0.328 e. The summed E-state index contributed by atoms with van der Waals surface area (Å²) in [5.74, 6) is -0.353. The Morgan fingerprint density at radius 2 is 2.30 bits per heavy atom. The Morgan fingerprint density at radius 1 is 1.45 bits per heavy atom. The van der Waals surface area contributed by atoms with Gasteiger partial charge in [-0.1, -0.05) is 23.5 Å². The van der Waals surface area contributed by atoms with Gasteiger partial charge >= 0.3 is 10.8 Å². The van der Waals surface area contributed by atoms with E-state index in [0.29, 0.717) is 18.9 Å². The molecule has 20 heavy (non-hydrogen) atoms. The van der Waals surface area contributed by atoms with Crippen LogP contribution in [0.5, 0.6) is 5.75 Å². The van der Waals surface area contributed by atoms with E-state index >= 15 is 0 Å². The number of aromatic nitrogens is 1. The largest absolute Gasteiger partial charge is 0.492 e. The second kappa shape index (κ2) is 6.72. The van der Waals surface area contributed by atoms with Crippen molar-refractivity contribution < 1.29 is 14.6 Å². The maximum atomic E-state index is 11.3. The monoisotopic (exact) mass is 291 g/mol. The standard InChI is InChI=1S/C14H13NO4S/c16-13(17)5-4-11-2-1-3-12(10-11)19-8-6-15-7-9-20-14(15)18/h1-5,7,9-10H,6,8H2,(H,16,17). The molecule has 5 nitrogen and oxygen atoms in total. The quantitative estimate of drug-likeness (QED) is 0.827. The molecular weight excluding hydrogens is 278 g/mol. The molecule has 1 aromatic carbocycles. The summed E-state index contributed by atoms with van der Waals surface area (Å²) in [5.41, 5.74) is 0.748. The molecule has 0 unspecified atom stereocenters. The minimum atomic E-state index is -0.992. The van der Waals surface area contributed by atoms with Crippen molar-refractivity contribution in [2.45, 2.75) is 6.54 Å². The topological polar surface area (TPSA) is 68.5 Å². The Labute approximate surface area is 119 Å². The molecule has 0 aliphatic carbocycles. The van der Waals surface area contributed by atoms with Gasteiger partial charge in [-0.05, 0) is 23.8 Å². The van der Waals surface area contributed by atoms with Gasteiger partial charge in [0, 0.05) is 17.7 Å². The minimum Gasteiger partial charge on any atom is -0.492 e. The van der Waals surface area contributed by atoms with E-state index in [0.717, 1.165) is 23.0 Å². The van der Waals surface area contributed by atoms with Crippen LogP contribution in [0.1, 0.15) is 5.56 Å². The lowest BCUT2D eigenvalue weighted by Gasteiger charge is -2.07. The van der Waals surface area contributed by atoms with Crippen LogP contribution in [0.25, 0.3) is 6.08 Å². The molecule has 6 heteroatoms. The van der Waals surface area contributed by atoms with Gasteiger partial charge in [0.05, 0.1) is 6.54 Å². The number of carbonyl (C=O) groups is 1. The summed E-state index contributed by atoms with van der Waals surface area (Å²) in [6.07, 6.45) is 4.30. The SMILES string of the molecule is O=C(O)C=Cc1cccc(OCCn2ccsc2=O)c1. The first-order chi connectivity index (χ1) is 9.65. The zero-order chi connectivity index (χ0) is 14.4. The van der Waals surface area contributed by atoms with Crippen molar-refractivity contribution in [3.8, 4) is 5.75 Å². The predicted octanol–water partition coefficient (Wildman–Crippen LogP) is 2.09. The number of carboxylic acid groups (broad SMARTS) is 1. The number of carboxylic acids is 1. The van der Waals surface area contributed by atoms with Gasteiger partial charge in [0.1, 0.15) is 12.4 Å². The molecule has 0 saturated carbocycles. The lowest BCUT2D eigenvalue weighted by atomic mass is 10.2. The molecule has 0 aliphatic rings. The maximum Gasteiger partial charge on any atom is 0.328 e. The number of rotatable bonds is 6. The van der Waals surface area contributed by atoms with Crippen molar-refractivity contribution in [1.82, 2.24) is 4.57 Å². The summed E-state index contributed by atoms with van der Waals surface area (Å²) >= 11 is 1.15. The number of nitrogens with zero attached hydrogens (tertiary/aromatic N) is 1. The van der Waals surface area contributed by atoms with E-state index in [4.69, 9.17) is 9.84 Å². The van der Waals surface area contributed by atoms with Crippen LogP contribution in [0.2, 0.25) is 0 Å². The van der Waals surface area contributed by atoms with Crippen molar-refractivity contribution in [1.29, 1.82) is 0 Å². The van der Waals surface area contributed by atoms with E-state index in [1.807, 2.05) is 0 Å². The molecule has 0 aliphatic heterocycles. The molecule has 0 bridgehead atoms.